The summed E-state index contributed by atoms with van der Waals surface area (Å²) in [6, 6.07) is 18.8. The molecule has 42 heavy (non-hydrogen) atoms. The van der Waals surface area contributed by atoms with Gasteiger partial charge in [-0.2, -0.15) is 0 Å². The highest BCUT2D eigenvalue weighted by Crippen LogP contribution is 2.39. The van der Waals surface area contributed by atoms with Crippen molar-refractivity contribution in [2.75, 3.05) is 6.54 Å². The number of nitrogens with one attached hydrogen (secondary N) is 1. The fourth-order valence-electron chi connectivity index (χ4n) is 7.49. The van der Waals surface area contributed by atoms with Crippen molar-refractivity contribution in [2.45, 2.75) is 51.2 Å². The average molecular weight is 557 g/mol. The lowest BCUT2D eigenvalue weighted by molar-refractivity contribution is 0.0703. The Kier molecular flexibility index (Phi) is 5.05. The van der Waals surface area contributed by atoms with Crippen LogP contribution in [0, 0.1) is 11.8 Å². The molecule has 210 valence electrons. The fraction of sp³-hybridized carbons (Fsp3) is 0.353. The summed E-state index contributed by atoms with van der Waals surface area (Å²) in [5, 5.41) is 3.97. The van der Waals surface area contributed by atoms with Crippen LogP contribution in [-0.4, -0.2) is 48.4 Å². The number of benzene rings is 2. The second kappa shape index (κ2) is 8.77. The molecule has 2 aromatic carbocycles. The maximum atomic E-state index is 13.4. The number of hydrogen-bond acceptors (Lipinski definition) is 4. The van der Waals surface area contributed by atoms with Gasteiger partial charge < -0.3 is 19.4 Å². The lowest BCUT2D eigenvalue weighted by atomic mass is 10.0. The Labute approximate surface area is 243 Å². The van der Waals surface area contributed by atoms with Gasteiger partial charge in [0.25, 0.3) is 11.8 Å². The molecule has 1 saturated heterocycles. The van der Waals surface area contributed by atoms with Gasteiger partial charge in [-0.25, -0.2) is 9.97 Å². The third-order valence-corrected chi connectivity index (χ3v) is 10.00. The minimum atomic E-state index is -0.0216. The Morgan fingerprint density at radius 3 is 2.71 bits per heavy atom. The molecule has 2 unspecified atom stereocenters. The van der Waals surface area contributed by atoms with Crippen LogP contribution in [0.2, 0.25) is 0 Å². The number of aromatic nitrogens is 4. The standard InChI is InChI=1S/C34H32N6O2/c1-38-29-11-8-23(34(42)39-18-20-4-9-25(39)12-20)14-28(29)37-32(38)30-15-22-7-10-27(36-31(22)40(30)17-19-2-3-19)21-5-6-24-16-35-33(41)26(24)13-21/h5-8,10-11,13-15,19-20,25H,2-4,9,12,16-18H2,1H3,(H,35,41). The van der Waals surface area contributed by atoms with E-state index >= 15 is 0 Å². The van der Waals surface area contributed by atoms with Gasteiger partial charge in [0.15, 0.2) is 5.82 Å². The second-order valence-corrected chi connectivity index (χ2v) is 12.7. The van der Waals surface area contributed by atoms with Crippen molar-refractivity contribution in [2.24, 2.45) is 18.9 Å². The lowest BCUT2D eigenvalue weighted by Crippen LogP contribution is -2.37. The van der Waals surface area contributed by atoms with Gasteiger partial charge in [-0.05, 0) is 92.0 Å². The number of pyridine rings is 1. The van der Waals surface area contributed by atoms with Crippen LogP contribution in [-0.2, 0) is 20.1 Å². The van der Waals surface area contributed by atoms with Crippen LogP contribution in [0.4, 0.5) is 0 Å². The molecule has 2 atom stereocenters. The SMILES string of the molecule is Cn1c(-c2cc3ccc(-c4ccc5c(c4)C(=O)NC5)nc3n2CC2CC2)nc2cc(C(=O)N3CC4CCC3C4)ccc21. The van der Waals surface area contributed by atoms with E-state index in [1.807, 2.05) is 36.4 Å². The van der Waals surface area contributed by atoms with E-state index in [1.165, 1.54) is 19.3 Å². The first-order valence-electron chi connectivity index (χ1n) is 15.2. The van der Waals surface area contributed by atoms with Gasteiger partial charge in [0.2, 0.25) is 0 Å². The van der Waals surface area contributed by atoms with Gasteiger partial charge >= 0.3 is 0 Å². The predicted molar refractivity (Wildman–Crippen MR) is 161 cm³/mol. The predicted octanol–water partition coefficient (Wildman–Crippen LogP) is 5.53. The molecular formula is C34H32N6O2. The van der Waals surface area contributed by atoms with Crippen LogP contribution in [0.5, 0.6) is 0 Å². The first kappa shape index (κ1) is 24.2. The lowest BCUT2D eigenvalue weighted by Gasteiger charge is -2.27. The molecule has 5 aromatic rings. The van der Waals surface area contributed by atoms with Gasteiger partial charge in [-0.3, -0.25) is 9.59 Å². The molecule has 2 aliphatic carbocycles. The second-order valence-electron chi connectivity index (χ2n) is 12.7. The van der Waals surface area contributed by atoms with E-state index in [2.05, 4.69) is 44.6 Å². The smallest absolute Gasteiger partial charge is 0.254 e. The molecule has 8 heteroatoms. The van der Waals surface area contributed by atoms with Gasteiger partial charge in [0, 0.05) is 54.8 Å². The maximum Gasteiger partial charge on any atom is 0.254 e. The fourth-order valence-corrected chi connectivity index (χ4v) is 7.49. The topological polar surface area (TPSA) is 85.0 Å². The zero-order valence-corrected chi connectivity index (χ0v) is 23.6. The summed E-state index contributed by atoms with van der Waals surface area (Å²) in [5.74, 6) is 2.31. The summed E-state index contributed by atoms with van der Waals surface area (Å²) in [5.41, 5.74) is 8.13. The normalized spacial score (nSPS) is 21.1. The average Bonchev–Trinajstić information content (AvgIpc) is 3.38. The molecule has 4 aliphatic rings. The number of fused-ring (bicyclic) bond motifs is 5. The van der Waals surface area contributed by atoms with Crippen molar-refractivity contribution in [3.8, 4) is 22.8 Å². The van der Waals surface area contributed by atoms with Crippen molar-refractivity contribution in [1.82, 2.24) is 29.3 Å². The molecule has 2 saturated carbocycles. The van der Waals surface area contributed by atoms with Crippen LogP contribution in [0.1, 0.15) is 58.4 Å². The number of imidazole rings is 1. The number of hydrogen-bond donors (Lipinski definition) is 1. The monoisotopic (exact) mass is 556 g/mol. The van der Waals surface area contributed by atoms with Gasteiger partial charge in [0.05, 0.1) is 22.4 Å². The molecule has 3 aromatic heterocycles. The van der Waals surface area contributed by atoms with E-state index in [9.17, 15) is 9.59 Å². The molecule has 2 aliphatic heterocycles. The Morgan fingerprint density at radius 2 is 1.90 bits per heavy atom. The van der Waals surface area contributed by atoms with E-state index in [1.54, 1.807) is 0 Å². The summed E-state index contributed by atoms with van der Waals surface area (Å²) >= 11 is 0. The number of carbonyl (C=O) groups excluding carboxylic acids is 2. The minimum Gasteiger partial charge on any atom is -0.348 e. The number of nitrogens with zero attached hydrogens (tertiary/aromatic N) is 5. The number of amides is 2. The molecule has 2 bridgehead atoms. The molecular weight excluding hydrogens is 524 g/mol. The Hall–Kier alpha value is -4.46. The highest BCUT2D eigenvalue weighted by Gasteiger charge is 2.40. The number of aryl methyl sites for hydroxylation is 1. The molecule has 2 amide bonds. The first-order chi connectivity index (χ1) is 20.5. The molecule has 8 nitrogen and oxygen atoms in total. The van der Waals surface area contributed by atoms with Gasteiger partial charge in [-0.1, -0.05) is 12.1 Å². The van der Waals surface area contributed by atoms with Gasteiger partial charge in [-0.15, -0.1) is 0 Å². The van der Waals surface area contributed by atoms with E-state index in [0.717, 1.165) is 87.5 Å². The van der Waals surface area contributed by atoms with E-state index < -0.39 is 0 Å². The molecule has 1 N–H and O–H groups in total. The van der Waals surface area contributed by atoms with Gasteiger partial charge in [0.1, 0.15) is 5.65 Å². The third kappa shape index (κ3) is 3.67. The van der Waals surface area contributed by atoms with Crippen LogP contribution in [0.3, 0.4) is 0 Å². The summed E-state index contributed by atoms with van der Waals surface area (Å²) < 4.78 is 4.46. The molecule has 0 spiro atoms. The van der Waals surface area contributed by atoms with Crippen LogP contribution in [0.25, 0.3) is 44.8 Å². The van der Waals surface area contributed by atoms with Crippen LogP contribution in [0.15, 0.2) is 54.6 Å². The van der Waals surface area contributed by atoms with Crippen molar-refractivity contribution in [3.05, 3.63) is 71.3 Å². The minimum absolute atomic E-state index is 0.0216. The van der Waals surface area contributed by atoms with Crippen LogP contribution < -0.4 is 5.32 Å². The van der Waals surface area contributed by atoms with Crippen molar-refractivity contribution in [1.29, 1.82) is 0 Å². The first-order valence-corrected chi connectivity index (χ1v) is 15.2. The largest absolute Gasteiger partial charge is 0.348 e. The zero-order valence-electron chi connectivity index (χ0n) is 23.6. The molecule has 9 rings (SSSR count). The van der Waals surface area contributed by atoms with E-state index in [-0.39, 0.29) is 11.8 Å². The molecule has 3 fully saturated rings. The summed E-state index contributed by atoms with van der Waals surface area (Å²) in [6.07, 6.45) is 6.00. The summed E-state index contributed by atoms with van der Waals surface area (Å²) in [6.45, 7) is 2.37. The Morgan fingerprint density at radius 1 is 1.00 bits per heavy atom. The summed E-state index contributed by atoms with van der Waals surface area (Å²) in [7, 11) is 2.05. The van der Waals surface area contributed by atoms with Crippen molar-refractivity contribution >= 4 is 33.9 Å². The highest BCUT2D eigenvalue weighted by atomic mass is 16.2. The Balaban J connectivity index is 1.13. The van der Waals surface area contributed by atoms with Crippen LogP contribution >= 0.6 is 0 Å². The number of likely N-dealkylation sites (tertiary alicyclic amines) is 1. The van der Waals surface area contributed by atoms with Crippen molar-refractivity contribution in [3.63, 3.8) is 0 Å². The Bertz CT molecular complexity index is 1960. The third-order valence-electron chi connectivity index (χ3n) is 10.00. The maximum absolute atomic E-state index is 13.4. The number of rotatable bonds is 5. The zero-order chi connectivity index (χ0) is 28.1. The number of carbonyl (C=O) groups is 2. The molecule has 0 radical (unpaired) electrons. The highest BCUT2D eigenvalue weighted by molar-refractivity contribution is 6.00. The number of piperidine rings is 1. The van der Waals surface area contributed by atoms with E-state index in [0.29, 0.717) is 24.4 Å². The van der Waals surface area contributed by atoms with Crippen molar-refractivity contribution < 1.29 is 9.59 Å². The molecule has 5 heterocycles. The quantitative estimate of drug-likeness (QED) is 0.308. The van der Waals surface area contributed by atoms with E-state index in [4.69, 9.17) is 9.97 Å². The summed E-state index contributed by atoms with van der Waals surface area (Å²) in [4.78, 5) is 38.1.